The highest BCUT2D eigenvalue weighted by Gasteiger charge is 2.52. The number of rotatable bonds is 5. The lowest BCUT2D eigenvalue weighted by atomic mass is 9.87. The van der Waals surface area contributed by atoms with E-state index in [0.717, 1.165) is 5.01 Å². The fraction of sp³-hybridized carbons (Fsp3) is 0.333. The number of urea groups is 1. The van der Waals surface area contributed by atoms with Gasteiger partial charge >= 0.3 is 6.03 Å². The van der Waals surface area contributed by atoms with Crippen LogP contribution in [-0.2, 0) is 15.1 Å². The van der Waals surface area contributed by atoms with Crippen molar-refractivity contribution in [3.05, 3.63) is 70.7 Å². The molecule has 8 nitrogen and oxygen atoms in total. The first-order valence-corrected chi connectivity index (χ1v) is 11.3. The molecule has 4 rings (SSSR count). The van der Waals surface area contributed by atoms with Crippen molar-refractivity contribution >= 4 is 35.4 Å². The lowest BCUT2D eigenvalue weighted by molar-refractivity contribution is -0.141. The zero-order chi connectivity index (χ0) is 23.6. The first-order chi connectivity index (χ1) is 15.9. The summed E-state index contributed by atoms with van der Waals surface area (Å²) in [6.45, 7) is 2.62. The van der Waals surface area contributed by atoms with Crippen LogP contribution in [0.1, 0.15) is 42.1 Å². The SMILES string of the molecule is CC[C@]1(c2ccccc2)NC(=O)N(NC(=O)C2CCN(C(=O)c3ccc(Cl)cc3)CC2)C1=O. The molecular formula is C24H25ClN4O4. The Morgan fingerprint density at radius 1 is 1.06 bits per heavy atom. The van der Waals surface area contributed by atoms with Gasteiger partial charge in [-0.25, -0.2) is 4.79 Å². The standard InChI is InChI=1S/C24H25ClN4O4/c1-2-24(18-6-4-3-5-7-18)22(32)29(23(33)26-24)27-20(30)16-12-14-28(15-13-16)21(31)17-8-10-19(25)11-9-17/h3-11,16H,2,12-15H2,1H3,(H,26,33)(H,27,30)/t24-/m1/s1. The smallest absolute Gasteiger partial charge is 0.339 e. The number of benzene rings is 2. The molecule has 2 fully saturated rings. The topological polar surface area (TPSA) is 98.8 Å². The van der Waals surface area contributed by atoms with E-state index in [1.54, 1.807) is 53.4 Å². The predicted octanol–water partition coefficient (Wildman–Crippen LogP) is 3.08. The van der Waals surface area contributed by atoms with Gasteiger partial charge in [-0.3, -0.25) is 19.8 Å². The normalized spacial score (nSPS) is 21.2. The van der Waals surface area contributed by atoms with Gasteiger partial charge in [0.2, 0.25) is 5.91 Å². The zero-order valence-electron chi connectivity index (χ0n) is 18.2. The fourth-order valence-electron chi connectivity index (χ4n) is 4.36. The largest absolute Gasteiger partial charge is 0.344 e. The molecule has 0 bridgehead atoms. The minimum Gasteiger partial charge on any atom is -0.339 e. The van der Waals surface area contributed by atoms with Gasteiger partial charge in [-0.1, -0.05) is 48.9 Å². The molecule has 1 atom stereocenters. The van der Waals surface area contributed by atoms with Crippen LogP contribution < -0.4 is 10.7 Å². The number of hydrogen-bond acceptors (Lipinski definition) is 4. The molecule has 2 aliphatic rings. The van der Waals surface area contributed by atoms with Crippen molar-refractivity contribution in [1.82, 2.24) is 20.7 Å². The van der Waals surface area contributed by atoms with E-state index >= 15 is 0 Å². The van der Waals surface area contributed by atoms with Gasteiger partial charge in [-0.05, 0) is 49.1 Å². The van der Waals surface area contributed by atoms with E-state index in [2.05, 4.69) is 10.7 Å². The van der Waals surface area contributed by atoms with E-state index in [4.69, 9.17) is 11.6 Å². The van der Waals surface area contributed by atoms with Gasteiger partial charge in [0.05, 0.1) is 0 Å². The second kappa shape index (κ2) is 9.23. The summed E-state index contributed by atoms with van der Waals surface area (Å²) in [5, 5.41) is 4.09. The number of likely N-dealkylation sites (tertiary alicyclic amines) is 1. The van der Waals surface area contributed by atoms with E-state index in [9.17, 15) is 19.2 Å². The molecular weight excluding hydrogens is 444 g/mol. The number of nitrogens with one attached hydrogen (secondary N) is 2. The molecule has 172 valence electrons. The summed E-state index contributed by atoms with van der Waals surface area (Å²) in [4.78, 5) is 53.0. The van der Waals surface area contributed by atoms with Gasteiger partial charge in [0, 0.05) is 29.6 Å². The first kappa shape index (κ1) is 22.8. The summed E-state index contributed by atoms with van der Waals surface area (Å²) in [5.74, 6) is -1.44. The molecule has 0 unspecified atom stereocenters. The molecule has 2 aromatic carbocycles. The maximum atomic E-state index is 13.2. The number of halogens is 1. The van der Waals surface area contributed by atoms with Crippen LogP contribution in [0.5, 0.6) is 0 Å². The number of amides is 5. The summed E-state index contributed by atoms with van der Waals surface area (Å²) in [5.41, 5.74) is 2.50. The molecule has 0 aromatic heterocycles. The third kappa shape index (κ3) is 4.30. The predicted molar refractivity (Wildman–Crippen MR) is 122 cm³/mol. The van der Waals surface area contributed by atoms with Crippen LogP contribution in [0.4, 0.5) is 4.79 Å². The average molecular weight is 469 g/mol. The van der Waals surface area contributed by atoms with E-state index in [-0.39, 0.29) is 5.91 Å². The quantitative estimate of drug-likeness (QED) is 0.659. The van der Waals surface area contributed by atoms with Gasteiger partial charge in [-0.15, -0.1) is 0 Å². The molecule has 2 aromatic rings. The minimum atomic E-state index is -1.21. The second-order valence-electron chi connectivity index (χ2n) is 8.25. The highest BCUT2D eigenvalue weighted by Crippen LogP contribution is 2.32. The van der Waals surface area contributed by atoms with Crippen LogP contribution in [0.2, 0.25) is 5.02 Å². The molecule has 2 saturated heterocycles. The number of nitrogens with zero attached hydrogens (tertiary/aromatic N) is 2. The molecule has 0 spiro atoms. The minimum absolute atomic E-state index is 0.116. The molecule has 9 heteroatoms. The van der Waals surface area contributed by atoms with Crippen LogP contribution in [0.3, 0.4) is 0 Å². The van der Waals surface area contributed by atoms with Gasteiger partial charge < -0.3 is 10.2 Å². The summed E-state index contributed by atoms with van der Waals surface area (Å²) < 4.78 is 0. The third-order valence-electron chi connectivity index (χ3n) is 6.35. The summed E-state index contributed by atoms with van der Waals surface area (Å²) in [7, 11) is 0. The van der Waals surface area contributed by atoms with Crippen LogP contribution in [0, 0.1) is 5.92 Å². The van der Waals surface area contributed by atoms with E-state index in [0.29, 0.717) is 48.5 Å². The lowest BCUT2D eigenvalue weighted by Gasteiger charge is -2.32. The van der Waals surface area contributed by atoms with Crippen LogP contribution >= 0.6 is 11.6 Å². The number of piperidine rings is 1. The third-order valence-corrected chi connectivity index (χ3v) is 6.61. The molecule has 2 aliphatic heterocycles. The summed E-state index contributed by atoms with van der Waals surface area (Å²) in [6, 6.07) is 15.0. The Morgan fingerprint density at radius 2 is 1.70 bits per heavy atom. The molecule has 5 amide bonds. The summed E-state index contributed by atoms with van der Waals surface area (Å²) in [6.07, 6.45) is 1.22. The van der Waals surface area contributed by atoms with E-state index in [1.165, 1.54) is 0 Å². The Labute approximate surface area is 196 Å². The number of carbonyl (C=O) groups is 4. The molecule has 2 heterocycles. The Morgan fingerprint density at radius 3 is 2.30 bits per heavy atom. The van der Waals surface area contributed by atoms with Gasteiger partial charge in [0.15, 0.2) is 0 Å². The Kier molecular flexibility index (Phi) is 6.37. The van der Waals surface area contributed by atoms with Crippen molar-refractivity contribution in [2.24, 2.45) is 5.92 Å². The van der Waals surface area contributed by atoms with E-state index in [1.807, 2.05) is 13.0 Å². The molecule has 0 saturated carbocycles. The fourth-order valence-corrected chi connectivity index (χ4v) is 4.49. The average Bonchev–Trinajstić information content (AvgIpc) is 3.10. The van der Waals surface area contributed by atoms with Crippen molar-refractivity contribution < 1.29 is 19.2 Å². The maximum Gasteiger partial charge on any atom is 0.344 e. The molecule has 33 heavy (non-hydrogen) atoms. The number of imide groups is 1. The highest BCUT2D eigenvalue weighted by molar-refractivity contribution is 6.30. The van der Waals surface area contributed by atoms with Crippen molar-refractivity contribution in [1.29, 1.82) is 0 Å². The number of carbonyl (C=O) groups excluding carboxylic acids is 4. The highest BCUT2D eigenvalue weighted by atomic mass is 35.5. The van der Waals surface area contributed by atoms with Gasteiger partial charge in [-0.2, -0.15) is 5.01 Å². The van der Waals surface area contributed by atoms with E-state index < -0.39 is 29.3 Å². The monoisotopic (exact) mass is 468 g/mol. The molecule has 0 radical (unpaired) electrons. The maximum absolute atomic E-state index is 13.2. The number of hydrogen-bond donors (Lipinski definition) is 2. The van der Waals surface area contributed by atoms with Crippen LogP contribution in [0.15, 0.2) is 54.6 Å². The van der Waals surface area contributed by atoms with Crippen LogP contribution in [-0.4, -0.2) is 46.8 Å². The Bertz CT molecular complexity index is 1070. The van der Waals surface area contributed by atoms with Crippen LogP contribution in [0.25, 0.3) is 0 Å². The number of hydrazine groups is 1. The molecule has 0 aliphatic carbocycles. The first-order valence-electron chi connectivity index (χ1n) is 10.9. The molecule has 2 N–H and O–H groups in total. The van der Waals surface area contributed by atoms with Crippen molar-refractivity contribution in [3.63, 3.8) is 0 Å². The second-order valence-corrected chi connectivity index (χ2v) is 8.68. The Hall–Kier alpha value is -3.39. The van der Waals surface area contributed by atoms with Crippen molar-refractivity contribution in [2.75, 3.05) is 13.1 Å². The Balaban J connectivity index is 1.38. The zero-order valence-corrected chi connectivity index (χ0v) is 19.0. The van der Waals surface area contributed by atoms with Gasteiger partial charge in [0.25, 0.3) is 11.8 Å². The van der Waals surface area contributed by atoms with Crippen molar-refractivity contribution in [3.8, 4) is 0 Å². The lowest BCUT2D eigenvalue weighted by Crippen LogP contribution is -2.51. The summed E-state index contributed by atoms with van der Waals surface area (Å²) >= 11 is 5.88. The van der Waals surface area contributed by atoms with Crippen molar-refractivity contribution in [2.45, 2.75) is 31.7 Å². The van der Waals surface area contributed by atoms with Gasteiger partial charge in [0.1, 0.15) is 5.54 Å².